The molecule has 0 spiro atoms. The van der Waals surface area contributed by atoms with Crippen LogP contribution in [0.25, 0.3) is 0 Å². The number of hydrogen-bond acceptors (Lipinski definition) is 6. The summed E-state index contributed by atoms with van der Waals surface area (Å²) in [5.41, 5.74) is 0. The minimum Gasteiger partial charge on any atom is -0.431 e. The van der Waals surface area contributed by atoms with Crippen LogP contribution in [0.3, 0.4) is 0 Å². The van der Waals surface area contributed by atoms with Crippen LogP contribution in [-0.4, -0.2) is 33.3 Å². The SMILES string of the molecule is CCCCCCCC(CCCCC)OC(=O)OCCn1ccnc1[N+](=O)[O-]. The van der Waals surface area contributed by atoms with Gasteiger partial charge in [0.05, 0.1) is 0 Å². The lowest BCUT2D eigenvalue weighted by molar-refractivity contribution is -0.396. The van der Waals surface area contributed by atoms with Crippen LogP contribution in [0.15, 0.2) is 12.4 Å². The molecule has 0 aliphatic carbocycles. The molecule has 0 fully saturated rings. The number of rotatable bonds is 15. The fraction of sp³-hybridized carbons (Fsp3) is 0.789. The van der Waals surface area contributed by atoms with Crippen LogP contribution in [0.4, 0.5) is 10.7 Å². The van der Waals surface area contributed by atoms with Gasteiger partial charge in [0.2, 0.25) is 0 Å². The van der Waals surface area contributed by atoms with Gasteiger partial charge < -0.3 is 19.6 Å². The number of unbranched alkanes of at least 4 members (excludes halogenated alkanes) is 6. The van der Waals surface area contributed by atoms with Crippen molar-refractivity contribution in [1.82, 2.24) is 9.55 Å². The predicted molar refractivity (Wildman–Crippen MR) is 103 cm³/mol. The largest absolute Gasteiger partial charge is 0.508 e. The van der Waals surface area contributed by atoms with E-state index in [2.05, 4.69) is 18.8 Å². The van der Waals surface area contributed by atoms with Gasteiger partial charge in [-0.1, -0.05) is 57.4 Å². The van der Waals surface area contributed by atoms with Crippen LogP contribution in [0.1, 0.15) is 78.1 Å². The maximum absolute atomic E-state index is 12.0. The molecule has 0 aliphatic heterocycles. The van der Waals surface area contributed by atoms with Gasteiger partial charge in [-0.3, -0.25) is 0 Å². The standard InChI is InChI=1S/C19H33N3O5/c1-3-5-7-8-10-12-17(11-9-6-4-2)27-19(23)26-16-15-21-14-13-20-18(21)22(24)25/h13-14,17H,3-12,15-16H2,1-2H3. The van der Waals surface area contributed by atoms with E-state index in [1.54, 1.807) is 0 Å². The van der Waals surface area contributed by atoms with E-state index in [1.165, 1.54) is 36.2 Å². The summed E-state index contributed by atoms with van der Waals surface area (Å²) in [4.78, 5) is 25.9. The molecule has 1 aromatic rings. The summed E-state index contributed by atoms with van der Waals surface area (Å²) in [7, 11) is 0. The van der Waals surface area contributed by atoms with E-state index in [4.69, 9.17) is 9.47 Å². The number of aromatic nitrogens is 2. The smallest absolute Gasteiger partial charge is 0.431 e. The van der Waals surface area contributed by atoms with Crippen LogP contribution < -0.4 is 0 Å². The molecule has 0 amide bonds. The van der Waals surface area contributed by atoms with Gasteiger partial charge in [-0.05, 0) is 30.6 Å². The van der Waals surface area contributed by atoms with Gasteiger partial charge in [-0.15, -0.1) is 0 Å². The summed E-state index contributed by atoms with van der Waals surface area (Å²) in [6.07, 6.45) is 12.9. The highest BCUT2D eigenvalue weighted by molar-refractivity contribution is 5.60. The molecule has 0 saturated heterocycles. The molecule has 0 radical (unpaired) electrons. The molecule has 154 valence electrons. The van der Waals surface area contributed by atoms with E-state index in [9.17, 15) is 14.9 Å². The van der Waals surface area contributed by atoms with E-state index >= 15 is 0 Å². The number of ether oxygens (including phenoxy) is 2. The van der Waals surface area contributed by atoms with Gasteiger partial charge in [0, 0.05) is 0 Å². The lowest BCUT2D eigenvalue weighted by atomic mass is 10.0. The Morgan fingerprint density at radius 1 is 1.15 bits per heavy atom. The summed E-state index contributed by atoms with van der Waals surface area (Å²) in [5, 5.41) is 10.8. The van der Waals surface area contributed by atoms with E-state index in [0.717, 1.165) is 44.9 Å². The third-order valence-electron chi connectivity index (χ3n) is 4.43. The molecule has 0 aromatic carbocycles. The fourth-order valence-corrected chi connectivity index (χ4v) is 2.91. The van der Waals surface area contributed by atoms with Gasteiger partial charge >= 0.3 is 12.1 Å². The Labute approximate surface area is 161 Å². The summed E-state index contributed by atoms with van der Waals surface area (Å²) in [6.45, 7) is 4.51. The second-order valence-electron chi connectivity index (χ2n) is 6.71. The second-order valence-corrected chi connectivity index (χ2v) is 6.71. The minimum atomic E-state index is -0.701. The third kappa shape index (κ3) is 9.96. The topological polar surface area (TPSA) is 96.5 Å². The maximum Gasteiger partial charge on any atom is 0.508 e. The number of nitro groups is 1. The number of imidazole rings is 1. The highest BCUT2D eigenvalue weighted by atomic mass is 16.7. The lowest BCUT2D eigenvalue weighted by Crippen LogP contribution is -2.21. The summed E-state index contributed by atoms with van der Waals surface area (Å²) >= 11 is 0. The van der Waals surface area contributed by atoms with Crippen molar-refractivity contribution in [2.45, 2.75) is 90.7 Å². The van der Waals surface area contributed by atoms with Crippen LogP contribution in [0.5, 0.6) is 0 Å². The molecule has 8 heteroatoms. The molecule has 0 saturated carbocycles. The van der Waals surface area contributed by atoms with Crippen molar-refractivity contribution in [2.75, 3.05) is 6.61 Å². The Hall–Kier alpha value is -2.12. The summed E-state index contributed by atoms with van der Waals surface area (Å²) in [5.74, 6) is -0.267. The highest BCUT2D eigenvalue weighted by Gasteiger charge is 2.17. The first-order chi connectivity index (χ1) is 13.1. The van der Waals surface area contributed by atoms with E-state index in [1.807, 2.05) is 0 Å². The van der Waals surface area contributed by atoms with E-state index in [0.29, 0.717) is 0 Å². The number of hydrogen-bond donors (Lipinski definition) is 0. The van der Waals surface area contributed by atoms with Crippen molar-refractivity contribution < 1.29 is 19.2 Å². The van der Waals surface area contributed by atoms with Crippen LogP contribution in [0.2, 0.25) is 0 Å². The molecular formula is C19H33N3O5. The van der Waals surface area contributed by atoms with E-state index < -0.39 is 11.1 Å². The third-order valence-corrected chi connectivity index (χ3v) is 4.43. The van der Waals surface area contributed by atoms with Gasteiger partial charge in [0.25, 0.3) is 0 Å². The summed E-state index contributed by atoms with van der Waals surface area (Å²) in [6, 6.07) is 0. The molecule has 1 aromatic heterocycles. The van der Waals surface area contributed by atoms with Crippen molar-refractivity contribution in [3.63, 3.8) is 0 Å². The molecule has 0 bridgehead atoms. The maximum atomic E-state index is 12.0. The zero-order valence-corrected chi connectivity index (χ0v) is 16.6. The molecule has 1 heterocycles. The minimum absolute atomic E-state index is 0.00815. The van der Waals surface area contributed by atoms with Gasteiger partial charge in [0.1, 0.15) is 31.6 Å². The van der Waals surface area contributed by atoms with Crippen LogP contribution >= 0.6 is 0 Å². The molecule has 1 unspecified atom stereocenters. The lowest BCUT2D eigenvalue weighted by Gasteiger charge is -2.17. The van der Waals surface area contributed by atoms with Crippen molar-refractivity contribution in [3.8, 4) is 0 Å². The molecule has 0 aliphatic rings. The fourth-order valence-electron chi connectivity index (χ4n) is 2.91. The molecular weight excluding hydrogens is 350 g/mol. The zero-order valence-electron chi connectivity index (χ0n) is 16.6. The molecule has 8 nitrogen and oxygen atoms in total. The van der Waals surface area contributed by atoms with Crippen molar-refractivity contribution in [1.29, 1.82) is 0 Å². The van der Waals surface area contributed by atoms with Gasteiger partial charge in [-0.2, -0.15) is 0 Å². The van der Waals surface area contributed by atoms with Gasteiger partial charge in [-0.25, -0.2) is 9.36 Å². The van der Waals surface area contributed by atoms with Crippen LogP contribution in [0, 0.1) is 10.1 Å². The first-order valence-electron chi connectivity index (χ1n) is 10.1. The number of carbonyl (C=O) groups excluding carboxylic acids is 1. The quantitative estimate of drug-likeness (QED) is 0.177. The van der Waals surface area contributed by atoms with Crippen LogP contribution in [-0.2, 0) is 16.0 Å². The Morgan fingerprint density at radius 3 is 2.44 bits per heavy atom. The van der Waals surface area contributed by atoms with Crippen molar-refractivity contribution in [2.24, 2.45) is 0 Å². The average Bonchev–Trinajstić information content (AvgIpc) is 3.10. The Morgan fingerprint density at radius 2 is 1.78 bits per heavy atom. The molecule has 27 heavy (non-hydrogen) atoms. The average molecular weight is 383 g/mol. The van der Waals surface area contributed by atoms with Gasteiger partial charge in [0.15, 0.2) is 0 Å². The Kier molecular flexibility index (Phi) is 11.9. The Balaban J connectivity index is 2.35. The Bertz CT molecular complexity index is 547. The normalized spacial score (nSPS) is 11.9. The first-order valence-corrected chi connectivity index (χ1v) is 10.1. The number of nitrogens with zero attached hydrogens (tertiary/aromatic N) is 3. The predicted octanol–water partition coefficient (Wildman–Crippen LogP) is 5.25. The first kappa shape index (κ1) is 22.9. The van der Waals surface area contributed by atoms with Crippen molar-refractivity contribution in [3.05, 3.63) is 22.5 Å². The summed E-state index contributed by atoms with van der Waals surface area (Å²) < 4.78 is 11.9. The molecule has 1 atom stereocenters. The molecule has 0 N–H and O–H groups in total. The van der Waals surface area contributed by atoms with E-state index in [-0.39, 0.29) is 25.2 Å². The monoisotopic (exact) mass is 383 g/mol. The number of carbonyl (C=O) groups is 1. The zero-order chi connectivity index (χ0) is 19.9. The van der Waals surface area contributed by atoms with Crippen molar-refractivity contribution >= 4 is 12.1 Å². The highest BCUT2D eigenvalue weighted by Crippen LogP contribution is 2.16. The second kappa shape index (κ2) is 14.0. The molecule has 1 rings (SSSR count).